The molecule has 1 aromatic carbocycles. The Labute approximate surface area is 138 Å². The number of hydrogen-bond acceptors (Lipinski definition) is 4. The van der Waals surface area contributed by atoms with E-state index in [0.717, 1.165) is 10.2 Å². The summed E-state index contributed by atoms with van der Waals surface area (Å²) < 4.78 is 13.6. The molecular weight excluding hydrogens is 353 g/mol. The standard InChI is InChI=1S/C12H13Cl2N3O2S2/c13-3-4-15-11(18)16-5-6-21(19)12-17-9-7-8(14)1-2-10(9)20-12/h1-2,7H,3-6H2,(H2,15,16,18). The maximum atomic E-state index is 12.1. The number of amides is 2. The van der Waals surface area contributed by atoms with Gasteiger partial charge in [-0.25, -0.2) is 9.78 Å². The number of halogens is 2. The zero-order valence-electron chi connectivity index (χ0n) is 10.9. The van der Waals surface area contributed by atoms with Gasteiger partial charge in [-0.05, 0) is 18.2 Å². The number of aromatic nitrogens is 1. The fourth-order valence-corrected chi connectivity index (χ4v) is 4.04. The van der Waals surface area contributed by atoms with Gasteiger partial charge in [0, 0.05) is 29.7 Å². The van der Waals surface area contributed by atoms with Crippen LogP contribution in [0, 0.1) is 0 Å². The quantitative estimate of drug-likeness (QED) is 0.772. The molecule has 0 saturated heterocycles. The van der Waals surface area contributed by atoms with Gasteiger partial charge in [-0.1, -0.05) is 11.6 Å². The van der Waals surface area contributed by atoms with Crippen LogP contribution in [-0.2, 0) is 10.8 Å². The van der Waals surface area contributed by atoms with E-state index in [1.807, 2.05) is 6.07 Å². The minimum absolute atomic E-state index is 0.303. The Balaban J connectivity index is 1.89. The molecule has 114 valence electrons. The van der Waals surface area contributed by atoms with Crippen molar-refractivity contribution < 1.29 is 9.00 Å². The van der Waals surface area contributed by atoms with Gasteiger partial charge in [-0.3, -0.25) is 4.21 Å². The third-order valence-corrected chi connectivity index (χ3v) is 5.60. The van der Waals surface area contributed by atoms with Crippen LogP contribution in [0.4, 0.5) is 4.79 Å². The predicted molar refractivity (Wildman–Crippen MR) is 88.0 cm³/mol. The normalized spacial score (nSPS) is 12.3. The van der Waals surface area contributed by atoms with Crippen molar-refractivity contribution in [3.63, 3.8) is 0 Å². The lowest BCUT2D eigenvalue weighted by molar-refractivity contribution is 0.242. The third kappa shape index (κ3) is 4.81. The first kappa shape index (κ1) is 16.5. The van der Waals surface area contributed by atoms with Crippen LogP contribution >= 0.6 is 34.5 Å². The highest BCUT2D eigenvalue weighted by atomic mass is 35.5. The minimum Gasteiger partial charge on any atom is -0.337 e. The fourth-order valence-electron chi connectivity index (χ4n) is 1.54. The van der Waals surface area contributed by atoms with Gasteiger partial charge >= 0.3 is 6.03 Å². The van der Waals surface area contributed by atoms with Gasteiger partial charge < -0.3 is 10.6 Å². The van der Waals surface area contributed by atoms with E-state index < -0.39 is 10.8 Å². The van der Waals surface area contributed by atoms with Gasteiger partial charge in [0.15, 0.2) is 4.34 Å². The summed E-state index contributed by atoms with van der Waals surface area (Å²) in [5.74, 6) is 0.662. The lowest BCUT2D eigenvalue weighted by Gasteiger charge is -2.04. The maximum absolute atomic E-state index is 12.1. The van der Waals surface area contributed by atoms with Crippen molar-refractivity contribution >= 4 is 61.6 Å². The van der Waals surface area contributed by atoms with Crippen LogP contribution in [-0.4, -0.2) is 39.9 Å². The number of carbonyl (C=O) groups is 1. The van der Waals surface area contributed by atoms with E-state index in [4.69, 9.17) is 23.2 Å². The Hall–Kier alpha value is -0.890. The van der Waals surface area contributed by atoms with Crippen molar-refractivity contribution in [2.75, 3.05) is 24.7 Å². The molecule has 1 heterocycles. The highest BCUT2D eigenvalue weighted by Crippen LogP contribution is 2.26. The van der Waals surface area contributed by atoms with E-state index in [9.17, 15) is 9.00 Å². The van der Waals surface area contributed by atoms with Gasteiger partial charge in [-0.15, -0.1) is 22.9 Å². The van der Waals surface area contributed by atoms with E-state index in [0.29, 0.717) is 34.1 Å². The third-order valence-electron chi connectivity index (χ3n) is 2.48. The SMILES string of the molecule is O=C(NCCCl)NCCS(=O)c1nc2cc(Cl)ccc2s1. The molecule has 2 N–H and O–H groups in total. The van der Waals surface area contributed by atoms with Crippen LogP contribution in [0.3, 0.4) is 0 Å². The zero-order chi connectivity index (χ0) is 15.2. The van der Waals surface area contributed by atoms with E-state index >= 15 is 0 Å². The first-order valence-corrected chi connectivity index (χ1v) is 9.17. The minimum atomic E-state index is -1.25. The van der Waals surface area contributed by atoms with Crippen LogP contribution in [0.2, 0.25) is 5.02 Å². The molecule has 1 aromatic heterocycles. The molecule has 5 nitrogen and oxygen atoms in total. The molecule has 0 aliphatic rings. The van der Waals surface area contributed by atoms with Gasteiger partial charge in [-0.2, -0.15) is 0 Å². The molecule has 1 unspecified atom stereocenters. The lowest BCUT2D eigenvalue weighted by Crippen LogP contribution is -2.38. The molecule has 2 amide bonds. The molecule has 2 rings (SSSR count). The zero-order valence-corrected chi connectivity index (χ0v) is 14.0. The summed E-state index contributed by atoms with van der Waals surface area (Å²) in [6.07, 6.45) is 0. The highest BCUT2D eigenvalue weighted by Gasteiger charge is 2.11. The molecule has 0 aliphatic heterocycles. The van der Waals surface area contributed by atoms with Crippen molar-refractivity contribution in [2.45, 2.75) is 4.34 Å². The predicted octanol–water partition coefficient (Wildman–Crippen LogP) is 2.60. The first-order valence-electron chi connectivity index (χ1n) is 6.12. The fraction of sp³-hybridized carbons (Fsp3) is 0.333. The van der Waals surface area contributed by atoms with E-state index in [2.05, 4.69) is 15.6 Å². The Kier molecular flexibility index (Phi) is 6.22. The topological polar surface area (TPSA) is 71.1 Å². The Morgan fingerprint density at radius 2 is 2.10 bits per heavy atom. The molecule has 0 saturated carbocycles. The molecule has 1 atom stereocenters. The van der Waals surface area contributed by atoms with Gasteiger partial charge in [0.2, 0.25) is 0 Å². The number of alkyl halides is 1. The van der Waals surface area contributed by atoms with Gasteiger partial charge in [0.1, 0.15) is 0 Å². The number of nitrogens with zero attached hydrogens (tertiary/aromatic N) is 1. The Bertz CT molecular complexity index is 663. The summed E-state index contributed by atoms with van der Waals surface area (Å²) in [7, 11) is -1.25. The molecule has 0 bridgehead atoms. The number of urea groups is 1. The van der Waals surface area contributed by atoms with Crippen molar-refractivity contribution in [3.8, 4) is 0 Å². The number of hydrogen-bond donors (Lipinski definition) is 2. The van der Waals surface area contributed by atoms with Gasteiger partial charge in [0.05, 0.1) is 21.0 Å². The molecule has 0 spiro atoms. The van der Waals surface area contributed by atoms with Crippen molar-refractivity contribution in [1.82, 2.24) is 15.6 Å². The number of benzene rings is 1. The average molecular weight is 366 g/mol. The summed E-state index contributed by atoms with van der Waals surface area (Å²) in [6.45, 7) is 0.701. The molecule has 0 radical (unpaired) electrons. The number of carbonyl (C=O) groups excluding carboxylic acids is 1. The molecular formula is C12H13Cl2N3O2S2. The second-order valence-corrected chi connectivity index (χ2v) is 7.60. The molecule has 9 heteroatoms. The Morgan fingerprint density at radius 3 is 2.86 bits per heavy atom. The van der Waals surface area contributed by atoms with E-state index in [1.54, 1.807) is 12.1 Å². The number of fused-ring (bicyclic) bond motifs is 1. The summed E-state index contributed by atoms with van der Waals surface area (Å²) in [5.41, 5.74) is 0.740. The second kappa shape index (κ2) is 7.93. The van der Waals surface area contributed by atoms with E-state index in [-0.39, 0.29) is 6.03 Å². The largest absolute Gasteiger partial charge is 0.337 e. The van der Waals surface area contributed by atoms with Crippen LogP contribution in [0.15, 0.2) is 22.5 Å². The van der Waals surface area contributed by atoms with Crippen LogP contribution in [0.1, 0.15) is 0 Å². The van der Waals surface area contributed by atoms with Crippen molar-refractivity contribution in [2.24, 2.45) is 0 Å². The van der Waals surface area contributed by atoms with Crippen LogP contribution in [0.25, 0.3) is 10.2 Å². The Morgan fingerprint density at radius 1 is 1.33 bits per heavy atom. The van der Waals surface area contributed by atoms with Crippen molar-refractivity contribution in [3.05, 3.63) is 23.2 Å². The summed E-state index contributed by atoms with van der Waals surface area (Å²) >= 11 is 12.7. The maximum Gasteiger partial charge on any atom is 0.314 e. The number of nitrogens with one attached hydrogen (secondary N) is 2. The lowest BCUT2D eigenvalue weighted by atomic mass is 10.3. The monoisotopic (exact) mass is 365 g/mol. The number of rotatable bonds is 6. The summed E-state index contributed by atoms with van der Waals surface area (Å²) in [6, 6.07) is 5.06. The number of thiazole rings is 1. The van der Waals surface area contributed by atoms with Crippen LogP contribution < -0.4 is 10.6 Å². The van der Waals surface area contributed by atoms with E-state index in [1.165, 1.54) is 11.3 Å². The van der Waals surface area contributed by atoms with Crippen LogP contribution in [0.5, 0.6) is 0 Å². The highest BCUT2D eigenvalue weighted by molar-refractivity contribution is 7.87. The van der Waals surface area contributed by atoms with Gasteiger partial charge in [0.25, 0.3) is 0 Å². The molecule has 0 aliphatic carbocycles. The molecule has 0 fully saturated rings. The van der Waals surface area contributed by atoms with Crippen molar-refractivity contribution in [1.29, 1.82) is 0 Å². The molecule has 2 aromatic rings. The molecule has 21 heavy (non-hydrogen) atoms. The smallest absolute Gasteiger partial charge is 0.314 e. The first-order chi connectivity index (χ1) is 10.1. The summed E-state index contributed by atoms with van der Waals surface area (Å²) in [5, 5.41) is 5.78. The second-order valence-electron chi connectivity index (χ2n) is 4.01. The summed E-state index contributed by atoms with van der Waals surface area (Å²) in [4.78, 5) is 15.6. The average Bonchev–Trinajstić information content (AvgIpc) is 2.88.